The van der Waals surface area contributed by atoms with E-state index >= 15 is 0 Å². The van der Waals surface area contributed by atoms with Crippen LogP contribution in [0, 0.1) is 23.2 Å². The average Bonchev–Trinajstić information content (AvgIpc) is 2.78. The quantitative estimate of drug-likeness (QED) is 0.609. The molecule has 0 aromatic rings. The first-order valence-electron chi connectivity index (χ1n) is 5.86. The Labute approximate surface area is 95.8 Å². The highest BCUT2D eigenvalue weighted by Crippen LogP contribution is 2.25. The molecular weight excluding hydrogens is 204 g/mol. The minimum absolute atomic E-state index is 0.0446. The van der Waals surface area contributed by atoms with Crippen molar-refractivity contribution < 1.29 is 4.79 Å². The molecule has 5 heteroatoms. The molecule has 2 heterocycles. The lowest BCUT2D eigenvalue weighted by Gasteiger charge is -2.15. The van der Waals surface area contributed by atoms with Crippen molar-refractivity contribution >= 4 is 5.91 Å². The van der Waals surface area contributed by atoms with Gasteiger partial charge in [-0.25, -0.2) is 0 Å². The van der Waals surface area contributed by atoms with E-state index in [0.29, 0.717) is 19.5 Å². The third kappa shape index (κ3) is 2.71. The van der Waals surface area contributed by atoms with Crippen molar-refractivity contribution in [1.29, 1.82) is 5.26 Å². The Kier molecular flexibility index (Phi) is 3.75. The Hall–Kier alpha value is -1.12. The van der Waals surface area contributed by atoms with E-state index in [1.807, 2.05) is 6.07 Å². The minimum Gasteiger partial charge on any atom is -0.354 e. The molecule has 2 saturated heterocycles. The highest BCUT2D eigenvalue weighted by atomic mass is 16.2. The number of amides is 1. The average molecular weight is 222 g/mol. The molecule has 1 amide bonds. The fourth-order valence-electron chi connectivity index (χ4n) is 2.60. The largest absolute Gasteiger partial charge is 0.354 e. The number of likely N-dealkylation sites (tertiary alicyclic amines) is 1. The summed E-state index contributed by atoms with van der Waals surface area (Å²) in [5.41, 5.74) is 0. The van der Waals surface area contributed by atoms with Gasteiger partial charge in [-0.3, -0.25) is 9.69 Å². The first-order valence-corrected chi connectivity index (χ1v) is 5.86. The van der Waals surface area contributed by atoms with Gasteiger partial charge in [0.05, 0.1) is 19.0 Å². The molecule has 0 saturated carbocycles. The molecule has 2 aliphatic heterocycles. The number of nitriles is 1. The molecule has 0 spiro atoms. The molecule has 0 radical (unpaired) electrons. The van der Waals surface area contributed by atoms with Crippen molar-refractivity contribution in [1.82, 2.24) is 15.5 Å². The fraction of sp³-hybridized carbons (Fsp3) is 0.818. The van der Waals surface area contributed by atoms with Crippen molar-refractivity contribution in [2.45, 2.75) is 6.42 Å². The van der Waals surface area contributed by atoms with E-state index < -0.39 is 0 Å². The number of hydrogen-bond donors (Lipinski definition) is 2. The highest BCUT2D eigenvalue weighted by Gasteiger charge is 2.36. The van der Waals surface area contributed by atoms with Crippen LogP contribution < -0.4 is 10.6 Å². The zero-order chi connectivity index (χ0) is 11.4. The van der Waals surface area contributed by atoms with Crippen LogP contribution in [0.25, 0.3) is 0 Å². The summed E-state index contributed by atoms with van der Waals surface area (Å²) in [6, 6.07) is 2.01. The Morgan fingerprint density at radius 1 is 1.44 bits per heavy atom. The fourth-order valence-corrected chi connectivity index (χ4v) is 2.60. The number of fused-ring (bicyclic) bond motifs is 1. The molecule has 2 fully saturated rings. The summed E-state index contributed by atoms with van der Waals surface area (Å²) >= 11 is 0. The first-order chi connectivity index (χ1) is 7.79. The highest BCUT2D eigenvalue weighted by molar-refractivity contribution is 5.78. The van der Waals surface area contributed by atoms with Crippen molar-refractivity contribution in [3.63, 3.8) is 0 Å². The predicted octanol–water partition coefficient (Wildman–Crippen LogP) is -0.833. The monoisotopic (exact) mass is 222 g/mol. The van der Waals surface area contributed by atoms with Crippen LogP contribution in [-0.2, 0) is 4.79 Å². The van der Waals surface area contributed by atoms with E-state index in [1.165, 1.54) is 0 Å². The number of carbonyl (C=O) groups is 1. The van der Waals surface area contributed by atoms with E-state index in [1.54, 1.807) is 0 Å². The van der Waals surface area contributed by atoms with Crippen molar-refractivity contribution in [3.8, 4) is 6.07 Å². The second kappa shape index (κ2) is 5.28. The molecule has 0 aromatic heterocycles. The molecule has 2 aliphatic rings. The topological polar surface area (TPSA) is 68.2 Å². The second-order valence-corrected chi connectivity index (χ2v) is 4.63. The summed E-state index contributed by atoms with van der Waals surface area (Å²) in [5.74, 6) is 1.50. The molecule has 0 aliphatic carbocycles. The Balaban J connectivity index is 1.67. The lowest BCUT2D eigenvalue weighted by atomic mass is 10.0. The van der Waals surface area contributed by atoms with Crippen LogP contribution in [0.5, 0.6) is 0 Å². The molecule has 16 heavy (non-hydrogen) atoms. The van der Waals surface area contributed by atoms with Crippen LogP contribution in [0.4, 0.5) is 0 Å². The van der Waals surface area contributed by atoms with Gasteiger partial charge in [-0.1, -0.05) is 0 Å². The van der Waals surface area contributed by atoms with Crippen molar-refractivity contribution in [2.75, 3.05) is 39.3 Å². The van der Waals surface area contributed by atoms with E-state index in [-0.39, 0.29) is 5.91 Å². The predicted molar refractivity (Wildman–Crippen MR) is 59.5 cm³/mol. The zero-order valence-corrected chi connectivity index (χ0v) is 9.41. The minimum atomic E-state index is 0.0446. The van der Waals surface area contributed by atoms with Crippen molar-refractivity contribution in [3.05, 3.63) is 0 Å². The molecule has 0 bridgehead atoms. The lowest BCUT2D eigenvalue weighted by Crippen LogP contribution is -2.37. The van der Waals surface area contributed by atoms with Gasteiger partial charge >= 0.3 is 0 Å². The summed E-state index contributed by atoms with van der Waals surface area (Å²) in [5, 5.41) is 14.5. The number of hydrogen-bond acceptors (Lipinski definition) is 4. The number of nitrogens with zero attached hydrogens (tertiary/aromatic N) is 2. The third-order valence-corrected chi connectivity index (χ3v) is 3.39. The van der Waals surface area contributed by atoms with Crippen LogP contribution in [0.1, 0.15) is 6.42 Å². The number of rotatable bonds is 4. The molecular formula is C11H18N4O. The van der Waals surface area contributed by atoms with Crippen LogP contribution in [-0.4, -0.2) is 50.1 Å². The number of nitrogens with one attached hydrogen (secondary N) is 2. The van der Waals surface area contributed by atoms with Gasteiger partial charge in [0.15, 0.2) is 0 Å². The van der Waals surface area contributed by atoms with E-state index in [2.05, 4.69) is 15.5 Å². The van der Waals surface area contributed by atoms with Gasteiger partial charge in [0.25, 0.3) is 0 Å². The Bertz CT molecular complexity index is 287. The van der Waals surface area contributed by atoms with Gasteiger partial charge in [0.2, 0.25) is 5.91 Å². The normalized spacial score (nSPS) is 28.7. The van der Waals surface area contributed by atoms with Crippen LogP contribution >= 0.6 is 0 Å². The Morgan fingerprint density at radius 2 is 2.12 bits per heavy atom. The maximum Gasteiger partial charge on any atom is 0.234 e. The second-order valence-electron chi connectivity index (χ2n) is 4.63. The van der Waals surface area contributed by atoms with Crippen LogP contribution in [0.3, 0.4) is 0 Å². The van der Waals surface area contributed by atoms with Crippen LogP contribution in [0.15, 0.2) is 0 Å². The Morgan fingerprint density at radius 3 is 2.75 bits per heavy atom. The molecule has 2 atom stereocenters. The number of carbonyl (C=O) groups excluding carboxylic acids is 1. The summed E-state index contributed by atoms with van der Waals surface area (Å²) in [7, 11) is 0. The van der Waals surface area contributed by atoms with Gasteiger partial charge in [0.1, 0.15) is 0 Å². The SMILES string of the molecule is N#CCCNC(=O)CN1CC2CNCC2C1. The smallest absolute Gasteiger partial charge is 0.234 e. The molecule has 2 unspecified atom stereocenters. The third-order valence-electron chi connectivity index (χ3n) is 3.39. The summed E-state index contributed by atoms with van der Waals surface area (Å²) in [6.07, 6.45) is 0.390. The van der Waals surface area contributed by atoms with Gasteiger partial charge < -0.3 is 10.6 Å². The summed E-state index contributed by atoms with van der Waals surface area (Å²) in [6.45, 7) is 5.21. The first kappa shape index (κ1) is 11.4. The van der Waals surface area contributed by atoms with Gasteiger partial charge in [-0.05, 0) is 24.9 Å². The zero-order valence-electron chi connectivity index (χ0n) is 9.41. The molecule has 88 valence electrons. The maximum absolute atomic E-state index is 11.5. The lowest BCUT2D eigenvalue weighted by molar-refractivity contribution is -0.122. The standard InChI is InChI=1S/C11H18N4O/c12-2-1-3-14-11(16)8-15-6-9-4-13-5-10(9)7-15/h9-10,13H,1,3-8H2,(H,14,16). The van der Waals surface area contributed by atoms with E-state index in [0.717, 1.165) is 38.0 Å². The van der Waals surface area contributed by atoms with E-state index in [9.17, 15) is 4.79 Å². The molecule has 5 nitrogen and oxygen atoms in total. The summed E-state index contributed by atoms with van der Waals surface area (Å²) in [4.78, 5) is 13.7. The summed E-state index contributed by atoms with van der Waals surface area (Å²) < 4.78 is 0. The van der Waals surface area contributed by atoms with E-state index in [4.69, 9.17) is 5.26 Å². The molecule has 2 rings (SSSR count). The molecule has 0 aromatic carbocycles. The maximum atomic E-state index is 11.5. The van der Waals surface area contributed by atoms with Gasteiger partial charge in [-0.15, -0.1) is 0 Å². The van der Waals surface area contributed by atoms with Crippen molar-refractivity contribution in [2.24, 2.45) is 11.8 Å². The molecule has 2 N–H and O–H groups in total. The van der Waals surface area contributed by atoms with Gasteiger partial charge in [-0.2, -0.15) is 5.26 Å². The van der Waals surface area contributed by atoms with Crippen LogP contribution in [0.2, 0.25) is 0 Å². The van der Waals surface area contributed by atoms with Gasteiger partial charge in [0, 0.05) is 19.6 Å².